The number of hydrogen-bond acceptors (Lipinski definition) is 2. The van der Waals surface area contributed by atoms with Crippen LogP contribution in [-0.4, -0.2) is 16.4 Å². The highest BCUT2D eigenvalue weighted by Gasteiger charge is 2.35. The van der Waals surface area contributed by atoms with Gasteiger partial charge in [0, 0.05) is 6.92 Å². The normalized spacial score (nSPS) is 20.7. The Morgan fingerprint density at radius 2 is 1.92 bits per heavy atom. The average Bonchev–Trinajstić information content (AvgIpc) is 2.04. The van der Waals surface area contributed by atoms with Crippen LogP contribution in [0.2, 0.25) is 0 Å². The van der Waals surface area contributed by atoms with Gasteiger partial charge in [-0.15, -0.1) is 0 Å². The molecule has 3 N–H and O–H groups in total. The molecule has 0 aromatic heterocycles. The summed E-state index contributed by atoms with van der Waals surface area (Å²) in [4.78, 5) is 11.4. The van der Waals surface area contributed by atoms with E-state index in [1.54, 1.807) is 0 Å². The van der Waals surface area contributed by atoms with Gasteiger partial charge in [-0.1, -0.05) is 31.5 Å². The Hall–Kier alpha value is -0.640. The lowest BCUT2D eigenvalue weighted by Crippen LogP contribution is -2.57. The van der Waals surface area contributed by atoms with Crippen LogP contribution in [0.5, 0.6) is 0 Å². The number of nitrogens with two attached hydrogens (primary N) is 1. The van der Waals surface area contributed by atoms with Gasteiger partial charge in [0.15, 0.2) is 0 Å². The molecule has 1 amide bonds. The van der Waals surface area contributed by atoms with E-state index in [9.17, 15) is 4.79 Å². The molecule has 0 aliphatic heterocycles. The first-order valence-electron chi connectivity index (χ1n) is 4.65. The van der Waals surface area contributed by atoms with Crippen molar-refractivity contribution in [2.45, 2.75) is 44.6 Å². The van der Waals surface area contributed by atoms with Gasteiger partial charge in [0.05, 0.1) is 10.5 Å². The van der Waals surface area contributed by atoms with Crippen molar-refractivity contribution in [3.05, 3.63) is 0 Å². The van der Waals surface area contributed by atoms with E-state index in [1.165, 1.54) is 13.3 Å². The molecule has 0 unspecified atom stereocenters. The molecule has 1 saturated carbocycles. The molecular formula is C9H16N2OS. The number of hydrogen-bond donors (Lipinski definition) is 2. The van der Waals surface area contributed by atoms with E-state index in [2.05, 4.69) is 5.32 Å². The first-order chi connectivity index (χ1) is 6.07. The number of carbonyl (C=O) groups excluding carboxylic acids is 1. The first kappa shape index (κ1) is 10.4. The molecule has 1 aliphatic carbocycles. The number of rotatable bonds is 2. The fourth-order valence-corrected chi connectivity index (χ4v) is 2.18. The molecule has 74 valence electrons. The second-order valence-electron chi connectivity index (χ2n) is 3.69. The predicted octanol–water partition coefficient (Wildman–Crippen LogP) is 1.11. The van der Waals surface area contributed by atoms with Crippen molar-refractivity contribution >= 4 is 23.1 Å². The Morgan fingerprint density at radius 1 is 1.38 bits per heavy atom. The van der Waals surface area contributed by atoms with Crippen LogP contribution in [0.15, 0.2) is 0 Å². The number of amides is 1. The lowest BCUT2D eigenvalue weighted by atomic mass is 9.81. The fraction of sp³-hybridized carbons (Fsp3) is 0.778. The van der Waals surface area contributed by atoms with Crippen molar-refractivity contribution in [1.29, 1.82) is 0 Å². The molecule has 4 heteroatoms. The zero-order chi connectivity index (χ0) is 9.90. The third-order valence-electron chi connectivity index (χ3n) is 2.59. The molecule has 3 nitrogen and oxygen atoms in total. The second kappa shape index (κ2) is 4.05. The minimum absolute atomic E-state index is 0.0466. The van der Waals surface area contributed by atoms with Crippen LogP contribution in [0.1, 0.15) is 39.0 Å². The van der Waals surface area contributed by atoms with Crippen molar-refractivity contribution in [2.75, 3.05) is 0 Å². The Kier molecular flexibility index (Phi) is 3.25. The number of nitrogens with one attached hydrogen (secondary N) is 1. The predicted molar refractivity (Wildman–Crippen MR) is 56.4 cm³/mol. The van der Waals surface area contributed by atoms with Gasteiger partial charge in [-0.2, -0.15) is 0 Å². The topological polar surface area (TPSA) is 55.1 Å². The number of carbonyl (C=O) groups is 1. The van der Waals surface area contributed by atoms with Crippen molar-refractivity contribution in [1.82, 2.24) is 5.32 Å². The van der Waals surface area contributed by atoms with E-state index < -0.39 is 0 Å². The van der Waals surface area contributed by atoms with E-state index >= 15 is 0 Å². The molecule has 0 atom stereocenters. The van der Waals surface area contributed by atoms with Crippen LogP contribution in [0.25, 0.3) is 0 Å². The smallest absolute Gasteiger partial charge is 0.217 e. The van der Waals surface area contributed by atoms with Crippen LogP contribution in [-0.2, 0) is 4.79 Å². The summed E-state index contributed by atoms with van der Waals surface area (Å²) in [5, 5.41) is 2.89. The summed E-state index contributed by atoms with van der Waals surface area (Å²) in [7, 11) is 0. The maximum absolute atomic E-state index is 11.0. The Labute approximate surface area is 84.1 Å². The van der Waals surface area contributed by atoms with Gasteiger partial charge in [0.2, 0.25) is 5.91 Å². The van der Waals surface area contributed by atoms with Crippen molar-refractivity contribution < 1.29 is 4.79 Å². The van der Waals surface area contributed by atoms with Gasteiger partial charge in [0.25, 0.3) is 0 Å². The lowest BCUT2D eigenvalue weighted by molar-refractivity contribution is -0.120. The van der Waals surface area contributed by atoms with Crippen molar-refractivity contribution in [3.63, 3.8) is 0 Å². The summed E-state index contributed by atoms with van der Waals surface area (Å²) in [5.41, 5.74) is 5.28. The third kappa shape index (κ3) is 2.40. The molecule has 1 aliphatic rings. The summed E-state index contributed by atoms with van der Waals surface area (Å²) in [6, 6.07) is 0. The molecule has 0 aromatic carbocycles. The molecule has 0 bridgehead atoms. The summed E-state index contributed by atoms with van der Waals surface area (Å²) >= 11 is 5.01. The van der Waals surface area contributed by atoms with Crippen molar-refractivity contribution in [3.8, 4) is 0 Å². The molecule has 0 saturated heterocycles. The van der Waals surface area contributed by atoms with E-state index in [-0.39, 0.29) is 11.4 Å². The summed E-state index contributed by atoms with van der Waals surface area (Å²) < 4.78 is 0. The van der Waals surface area contributed by atoms with E-state index in [4.69, 9.17) is 18.0 Å². The quantitative estimate of drug-likeness (QED) is 0.657. The molecule has 0 heterocycles. The van der Waals surface area contributed by atoms with Gasteiger partial charge >= 0.3 is 0 Å². The number of thiocarbonyl (C=S) groups is 1. The van der Waals surface area contributed by atoms with E-state index in [0.717, 1.165) is 25.7 Å². The standard InChI is InChI=1S/C9H16N2OS/c1-7(12)11-9(8(10)13)5-3-2-4-6-9/h2-6H2,1H3,(H2,10,13)(H,11,12). The van der Waals surface area contributed by atoms with Gasteiger partial charge in [-0.05, 0) is 12.8 Å². The summed E-state index contributed by atoms with van der Waals surface area (Å²) in [6.07, 6.45) is 5.18. The maximum atomic E-state index is 11.0. The highest BCUT2D eigenvalue weighted by molar-refractivity contribution is 7.80. The maximum Gasteiger partial charge on any atom is 0.217 e. The lowest BCUT2D eigenvalue weighted by Gasteiger charge is -2.36. The second-order valence-corrected chi connectivity index (χ2v) is 4.13. The molecule has 13 heavy (non-hydrogen) atoms. The molecule has 1 fully saturated rings. The molecule has 1 rings (SSSR count). The Morgan fingerprint density at radius 3 is 2.31 bits per heavy atom. The van der Waals surface area contributed by atoms with E-state index in [0.29, 0.717) is 4.99 Å². The SMILES string of the molecule is CC(=O)NC1(C(N)=S)CCCCC1. The molecular weight excluding hydrogens is 184 g/mol. The first-order valence-corrected chi connectivity index (χ1v) is 5.06. The van der Waals surface area contributed by atoms with Crippen LogP contribution < -0.4 is 11.1 Å². The highest BCUT2D eigenvalue weighted by Crippen LogP contribution is 2.28. The minimum Gasteiger partial charge on any atom is -0.391 e. The van der Waals surface area contributed by atoms with Gasteiger partial charge < -0.3 is 11.1 Å². The molecule has 0 spiro atoms. The Balaban J connectivity index is 2.73. The molecule has 0 radical (unpaired) electrons. The summed E-state index contributed by atoms with van der Waals surface area (Å²) in [5.74, 6) is -0.0466. The van der Waals surface area contributed by atoms with Gasteiger partial charge in [-0.25, -0.2) is 0 Å². The third-order valence-corrected chi connectivity index (χ3v) is 2.98. The average molecular weight is 200 g/mol. The van der Waals surface area contributed by atoms with Gasteiger partial charge in [-0.3, -0.25) is 4.79 Å². The van der Waals surface area contributed by atoms with Crippen LogP contribution in [0.3, 0.4) is 0 Å². The van der Waals surface area contributed by atoms with Crippen molar-refractivity contribution in [2.24, 2.45) is 5.73 Å². The largest absolute Gasteiger partial charge is 0.391 e. The zero-order valence-corrected chi connectivity index (χ0v) is 8.75. The van der Waals surface area contributed by atoms with Crippen LogP contribution >= 0.6 is 12.2 Å². The molecule has 0 aromatic rings. The van der Waals surface area contributed by atoms with Gasteiger partial charge in [0.1, 0.15) is 0 Å². The monoisotopic (exact) mass is 200 g/mol. The zero-order valence-electron chi connectivity index (χ0n) is 7.93. The Bertz CT molecular complexity index is 222. The minimum atomic E-state index is -0.389. The van der Waals surface area contributed by atoms with E-state index in [1.807, 2.05) is 0 Å². The summed E-state index contributed by atoms with van der Waals surface area (Å²) in [6.45, 7) is 1.51. The fourth-order valence-electron chi connectivity index (χ4n) is 1.93. The van der Waals surface area contributed by atoms with Crippen LogP contribution in [0.4, 0.5) is 0 Å². The van der Waals surface area contributed by atoms with Crippen LogP contribution in [0, 0.1) is 0 Å². The highest BCUT2D eigenvalue weighted by atomic mass is 32.1.